The van der Waals surface area contributed by atoms with Gasteiger partial charge in [0.1, 0.15) is 5.82 Å². The average Bonchev–Trinajstić information content (AvgIpc) is 1.99. The zero-order valence-electron chi connectivity index (χ0n) is 6.99. The van der Waals surface area contributed by atoms with Crippen molar-refractivity contribution in [2.24, 2.45) is 0 Å². The average molecular weight is 242 g/mol. The highest BCUT2D eigenvalue weighted by Gasteiger charge is 2.30. The normalized spacial score (nSPS) is 12.5. The lowest BCUT2D eigenvalue weighted by atomic mass is 10.2. The van der Waals surface area contributed by atoms with E-state index in [0.717, 1.165) is 6.20 Å². The van der Waals surface area contributed by atoms with E-state index in [1.54, 1.807) is 0 Å². The third-order valence-corrected chi connectivity index (χ3v) is 1.79. The number of hydrogen-bond acceptors (Lipinski definition) is 3. The number of halogens is 3. The fraction of sp³-hybridized carbons (Fsp3) is 0.167. The van der Waals surface area contributed by atoms with E-state index in [9.17, 15) is 21.6 Å². The van der Waals surface area contributed by atoms with Crippen molar-refractivity contribution in [3.63, 3.8) is 0 Å². The summed E-state index contributed by atoms with van der Waals surface area (Å²) in [7, 11) is -4.62. The summed E-state index contributed by atoms with van der Waals surface area (Å²) in [6.45, 7) is 0. The number of alkyl halides is 3. The monoisotopic (exact) mass is 242 g/mol. The molecule has 1 aromatic heterocycles. The van der Waals surface area contributed by atoms with Gasteiger partial charge >= 0.3 is 16.5 Å². The van der Waals surface area contributed by atoms with E-state index in [-0.39, 0.29) is 0 Å². The van der Waals surface area contributed by atoms with Crippen molar-refractivity contribution in [3.05, 3.63) is 23.9 Å². The van der Waals surface area contributed by atoms with Crippen LogP contribution in [0.2, 0.25) is 0 Å². The maximum Gasteiger partial charge on any atom is 0.416 e. The fourth-order valence-corrected chi connectivity index (χ4v) is 1.17. The fourth-order valence-electron chi connectivity index (χ4n) is 0.795. The molecule has 0 aliphatic carbocycles. The van der Waals surface area contributed by atoms with E-state index in [0.29, 0.717) is 12.1 Å². The Bertz CT molecular complexity index is 457. The molecule has 15 heavy (non-hydrogen) atoms. The standard InChI is InChI=1S/C6H5F3N2O3S/c7-6(8,9)4-1-2-10-5(3-4)11-15(12,13)14/h1-3H,(H,10,11)(H,12,13,14). The van der Waals surface area contributed by atoms with Crippen molar-refractivity contribution in [2.45, 2.75) is 6.18 Å². The molecule has 0 radical (unpaired) electrons. The van der Waals surface area contributed by atoms with Crippen molar-refractivity contribution in [1.82, 2.24) is 4.98 Å². The lowest BCUT2D eigenvalue weighted by molar-refractivity contribution is -0.137. The predicted molar refractivity (Wildman–Crippen MR) is 44.4 cm³/mol. The minimum absolute atomic E-state index is 0.466. The Kier molecular flexibility index (Phi) is 2.86. The van der Waals surface area contributed by atoms with Crippen LogP contribution in [-0.4, -0.2) is 18.0 Å². The molecule has 2 N–H and O–H groups in total. The molecule has 5 nitrogen and oxygen atoms in total. The Morgan fingerprint density at radius 3 is 2.47 bits per heavy atom. The molecule has 84 valence electrons. The lowest BCUT2D eigenvalue weighted by Crippen LogP contribution is -2.13. The number of nitrogens with one attached hydrogen (secondary N) is 1. The molecule has 0 aromatic carbocycles. The number of anilines is 1. The topological polar surface area (TPSA) is 79.3 Å². The molecule has 1 aromatic rings. The van der Waals surface area contributed by atoms with Gasteiger partial charge in [0.2, 0.25) is 0 Å². The molecule has 1 rings (SSSR count). The second-order valence-electron chi connectivity index (χ2n) is 2.50. The summed E-state index contributed by atoms with van der Waals surface area (Å²) >= 11 is 0. The summed E-state index contributed by atoms with van der Waals surface area (Å²) in [5, 5.41) is 0. The molecule has 0 spiro atoms. The molecule has 0 amide bonds. The number of aromatic nitrogens is 1. The van der Waals surface area contributed by atoms with E-state index in [4.69, 9.17) is 4.55 Å². The first-order valence-electron chi connectivity index (χ1n) is 3.47. The zero-order chi connectivity index (χ0) is 11.7. The van der Waals surface area contributed by atoms with Gasteiger partial charge in [0.05, 0.1) is 5.56 Å². The van der Waals surface area contributed by atoms with E-state index < -0.39 is 27.9 Å². The van der Waals surface area contributed by atoms with Crippen LogP contribution in [0.1, 0.15) is 5.56 Å². The Morgan fingerprint density at radius 1 is 1.40 bits per heavy atom. The molecule has 0 atom stereocenters. The third kappa shape index (κ3) is 3.72. The maximum atomic E-state index is 12.1. The van der Waals surface area contributed by atoms with E-state index >= 15 is 0 Å². The zero-order valence-corrected chi connectivity index (χ0v) is 7.80. The summed E-state index contributed by atoms with van der Waals surface area (Å²) in [6, 6.07) is 1.14. The molecule has 0 bridgehead atoms. The third-order valence-electron chi connectivity index (χ3n) is 1.32. The van der Waals surface area contributed by atoms with E-state index in [2.05, 4.69) is 4.98 Å². The first kappa shape index (κ1) is 11.7. The van der Waals surface area contributed by atoms with Crippen molar-refractivity contribution >= 4 is 16.1 Å². The summed E-state index contributed by atoms with van der Waals surface area (Å²) in [5.74, 6) is -0.604. The molecule has 0 unspecified atom stereocenters. The summed E-state index contributed by atoms with van der Waals surface area (Å²) in [5.41, 5.74) is -1.07. The van der Waals surface area contributed by atoms with Gasteiger partial charge in [0, 0.05) is 6.20 Å². The van der Waals surface area contributed by atoms with E-state index in [1.165, 1.54) is 4.72 Å². The van der Waals surface area contributed by atoms with Crippen LogP contribution < -0.4 is 4.72 Å². The predicted octanol–water partition coefficient (Wildman–Crippen LogP) is 1.32. The van der Waals surface area contributed by atoms with Gasteiger partial charge in [-0.2, -0.15) is 21.6 Å². The Balaban J connectivity index is 3.04. The van der Waals surface area contributed by atoms with Gasteiger partial charge in [0.15, 0.2) is 0 Å². The number of pyridine rings is 1. The SMILES string of the molecule is O=S(=O)(O)Nc1cc(C(F)(F)F)ccn1. The summed E-state index contributed by atoms with van der Waals surface area (Å²) in [6.07, 6.45) is -3.82. The minimum atomic E-state index is -4.62. The van der Waals surface area contributed by atoms with Crippen LogP contribution in [0.5, 0.6) is 0 Å². The summed E-state index contributed by atoms with van der Waals surface area (Å²) in [4.78, 5) is 3.29. The van der Waals surface area contributed by atoms with Crippen LogP contribution >= 0.6 is 0 Å². The van der Waals surface area contributed by atoms with Crippen LogP contribution in [0.15, 0.2) is 18.3 Å². The van der Waals surface area contributed by atoms with Gasteiger partial charge in [-0.3, -0.25) is 4.55 Å². The van der Waals surface area contributed by atoms with Gasteiger partial charge in [-0.25, -0.2) is 9.71 Å². The van der Waals surface area contributed by atoms with Gasteiger partial charge in [-0.15, -0.1) is 0 Å². The van der Waals surface area contributed by atoms with Crippen molar-refractivity contribution < 1.29 is 26.1 Å². The minimum Gasteiger partial charge on any atom is -0.269 e. The van der Waals surface area contributed by atoms with Crippen LogP contribution in [0, 0.1) is 0 Å². The maximum absolute atomic E-state index is 12.1. The Morgan fingerprint density at radius 2 is 2.00 bits per heavy atom. The van der Waals surface area contributed by atoms with Crippen LogP contribution in [-0.2, 0) is 16.5 Å². The van der Waals surface area contributed by atoms with Crippen LogP contribution in [0.3, 0.4) is 0 Å². The highest BCUT2D eigenvalue weighted by Crippen LogP contribution is 2.29. The molecule has 0 saturated carbocycles. The molecule has 9 heteroatoms. The molecular formula is C6H5F3N2O3S. The molecule has 0 aliphatic heterocycles. The van der Waals surface area contributed by atoms with Gasteiger partial charge in [-0.05, 0) is 12.1 Å². The number of rotatable bonds is 2. The van der Waals surface area contributed by atoms with Crippen molar-refractivity contribution in [2.75, 3.05) is 4.72 Å². The molecule has 0 saturated heterocycles. The Labute approximate surface area is 82.8 Å². The van der Waals surface area contributed by atoms with Crippen LogP contribution in [0.25, 0.3) is 0 Å². The van der Waals surface area contributed by atoms with Gasteiger partial charge < -0.3 is 0 Å². The van der Waals surface area contributed by atoms with Crippen LogP contribution in [0.4, 0.5) is 19.0 Å². The Hall–Kier alpha value is -1.35. The van der Waals surface area contributed by atoms with Crippen molar-refractivity contribution in [1.29, 1.82) is 0 Å². The summed E-state index contributed by atoms with van der Waals surface area (Å²) < 4.78 is 66.7. The number of hydrogen-bond donors (Lipinski definition) is 2. The highest BCUT2D eigenvalue weighted by molar-refractivity contribution is 7.87. The molecule has 0 fully saturated rings. The lowest BCUT2D eigenvalue weighted by Gasteiger charge is -2.07. The van der Waals surface area contributed by atoms with Gasteiger partial charge in [0.25, 0.3) is 0 Å². The molecule has 0 aliphatic rings. The van der Waals surface area contributed by atoms with E-state index in [1.807, 2.05) is 0 Å². The molecule has 1 heterocycles. The molecular weight excluding hydrogens is 237 g/mol. The smallest absolute Gasteiger partial charge is 0.269 e. The first-order chi connectivity index (χ1) is 6.68. The second kappa shape index (κ2) is 3.66. The quantitative estimate of drug-likeness (QED) is 0.766. The van der Waals surface area contributed by atoms with Gasteiger partial charge in [-0.1, -0.05) is 0 Å². The largest absolute Gasteiger partial charge is 0.416 e. The number of nitrogens with zero attached hydrogens (tertiary/aromatic N) is 1. The first-order valence-corrected chi connectivity index (χ1v) is 4.91. The van der Waals surface area contributed by atoms with Crippen molar-refractivity contribution in [3.8, 4) is 0 Å². The second-order valence-corrected chi connectivity index (χ2v) is 3.66. The highest BCUT2D eigenvalue weighted by atomic mass is 32.2.